The van der Waals surface area contributed by atoms with Crippen molar-refractivity contribution in [2.75, 3.05) is 0 Å². The Labute approximate surface area is 297 Å². The van der Waals surface area contributed by atoms with E-state index in [4.69, 9.17) is 9.97 Å². The standard InChI is InChI=1S/C47H27N3S/c1-2-14-28(15-3-1)44-32-19-7-12-24-39(32)48-46(49-44)50-40-25-13-8-20-33(40)42-35-27-51-26-34(35)41-31-18-6-11-23-38(31)47(43(41)45(42)50)36-21-9-4-16-29(36)30-17-5-10-22-37(30)47/h1-27H. The van der Waals surface area contributed by atoms with E-state index >= 15 is 0 Å². The second-order valence-electron chi connectivity index (χ2n) is 13.7. The van der Waals surface area contributed by atoms with E-state index in [0.29, 0.717) is 5.95 Å². The van der Waals surface area contributed by atoms with E-state index in [1.54, 1.807) is 11.3 Å². The molecule has 12 rings (SSSR count). The maximum atomic E-state index is 5.51. The first-order valence-corrected chi connectivity index (χ1v) is 18.4. The van der Waals surface area contributed by atoms with Gasteiger partial charge in [-0.25, -0.2) is 9.97 Å². The quantitative estimate of drug-likeness (QED) is 0.184. The molecule has 0 amide bonds. The smallest absolute Gasteiger partial charge is 0.235 e. The maximum absolute atomic E-state index is 5.51. The Bertz CT molecular complexity index is 3050. The Morgan fingerprint density at radius 3 is 1.84 bits per heavy atom. The molecule has 4 heteroatoms. The molecule has 3 nitrogen and oxygen atoms in total. The molecule has 2 aliphatic carbocycles. The highest BCUT2D eigenvalue weighted by atomic mass is 32.1. The summed E-state index contributed by atoms with van der Waals surface area (Å²) in [6, 6.07) is 55.0. The lowest BCUT2D eigenvalue weighted by Crippen LogP contribution is -2.26. The minimum absolute atomic E-state index is 0.529. The van der Waals surface area contributed by atoms with Gasteiger partial charge in [-0.05, 0) is 61.8 Å². The second-order valence-corrected chi connectivity index (χ2v) is 14.4. The Kier molecular flexibility index (Phi) is 5.32. The summed E-state index contributed by atoms with van der Waals surface area (Å²) in [5, 5.41) is 10.8. The molecular weight excluding hydrogens is 639 g/mol. The highest BCUT2D eigenvalue weighted by Crippen LogP contribution is 2.66. The van der Waals surface area contributed by atoms with Gasteiger partial charge in [0.2, 0.25) is 5.95 Å². The molecule has 0 unspecified atom stereocenters. The minimum atomic E-state index is -0.529. The average Bonchev–Trinajstić information content (AvgIpc) is 3.95. The van der Waals surface area contributed by atoms with Gasteiger partial charge < -0.3 is 0 Å². The third-order valence-corrected chi connectivity index (χ3v) is 12.1. The van der Waals surface area contributed by atoms with Crippen molar-refractivity contribution in [1.82, 2.24) is 14.5 Å². The van der Waals surface area contributed by atoms with Crippen LogP contribution in [0.4, 0.5) is 0 Å². The fourth-order valence-electron chi connectivity index (χ4n) is 9.48. The number of thiophene rings is 1. The van der Waals surface area contributed by atoms with Gasteiger partial charge in [0.05, 0.1) is 27.7 Å². The van der Waals surface area contributed by atoms with Crippen LogP contribution >= 0.6 is 11.3 Å². The van der Waals surface area contributed by atoms with Crippen molar-refractivity contribution in [2.24, 2.45) is 0 Å². The predicted octanol–water partition coefficient (Wildman–Crippen LogP) is 12.0. The van der Waals surface area contributed by atoms with Crippen LogP contribution < -0.4 is 0 Å². The molecule has 0 saturated heterocycles. The van der Waals surface area contributed by atoms with Crippen molar-refractivity contribution >= 4 is 54.8 Å². The van der Waals surface area contributed by atoms with Crippen molar-refractivity contribution in [3.63, 3.8) is 0 Å². The van der Waals surface area contributed by atoms with Crippen molar-refractivity contribution in [1.29, 1.82) is 0 Å². The van der Waals surface area contributed by atoms with E-state index < -0.39 is 5.41 Å². The Balaban J connectivity index is 1.35. The number of hydrogen-bond donors (Lipinski definition) is 0. The lowest BCUT2D eigenvalue weighted by Gasteiger charge is -2.31. The summed E-state index contributed by atoms with van der Waals surface area (Å²) in [5.74, 6) is 0.682. The molecule has 0 radical (unpaired) electrons. The molecule has 0 fully saturated rings. The monoisotopic (exact) mass is 665 g/mol. The van der Waals surface area contributed by atoms with E-state index in [9.17, 15) is 0 Å². The van der Waals surface area contributed by atoms with Gasteiger partial charge in [0, 0.05) is 38.1 Å². The van der Waals surface area contributed by atoms with Crippen LogP contribution in [-0.2, 0) is 5.41 Å². The largest absolute Gasteiger partial charge is 0.277 e. The van der Waals surface area contributed by atoms with Gasteiger partial charge >= 0.3 is 0 Å². The van der Waals surface area contributed by atoms with E-state index in [2.05, 4.69) is 167 Å². The third kappa shape index (κ3) is 3.33. The van der Waals surface area contributed by atoms with E-state index in [1.807, 2.05) is 0 Å². The molecule has 0 saturated carbocycles. The van der Waals surface area contributed by atoms with Crippen LogP contribution in [0.2, 0.25) is 0 Å². The van der Waals surface area contributed by atoms with Crippen molar-refractivity contribution in [3.8, 4) is 39.5 Å². The highest BCUT2D eigenvalue weighted by molar-refractivity contribution is 7.09. The van der Waals surface area contributed by atoms with Crippen molar-refractivity contribution in [2.45, 2.75) is 5.41 Å². The summed E-state index contributed by atoms with van der Waals surface area (Å²) in [4.78, 5) is 10.9. The summed E-state index contributed by atoms with van der Waals surface area (Å²) in [6.45, 7) is 0. The number of aromatic nitrogens is 3. The Morgan fingerprint density at radius 2 is 1.08 bits per heavy atom. The normalized spacial score (nSPS) is 13.6. The first-order chi connectivity index (χ1) is 25.3. The molecule has 2 aliphatic rings. The molecule has 3 aromatic heterocycles. The van der Waals surface area contributed by atoms with Gasteiger partial charge in [-0.1, -0.05) is 140 Å². The van der Waals surface area contributed by atoms with E-state index in [-0.39, 0.29) is 0 Å². The number of para-hydroxylation sites is 2. The fourth-order valence-corrected chi connectivity index (χ4v) is 10.3. The first kappa shape index (κ1) is 27.5. The number of benzene rings is 7. The van der Waals surface area contributed by atoms with Crippen LogP contribution in [0.5, 0.6) is 0 Å². The zero-order chi connectivity index (χ0) is 33.3. The summed E-state index contributed by atoms with van der Waals surface area (Å²) in [5.41, 5.74) is 15.2. The van der Waals surface area contributed by atoms with Gasteiger partial charge in [-0.3, -0.25) is 4.57 Å². The lowest BCUT2D eigenvalue weighted by molar-refractivity contribution is 0.796. The summed E-state index contributed by atoms with van der Waals surface area (Å²) in [6.07, 6.45) is 0. The molecule has 1 spiro atoms. The van der Waals surface area contributed by atoms with Gasteiger partial charge in [0.25, 0.3) is 0 Å². The van der Waals surface area contributed by atoms with Crippen LogP contribution in [0.1, 0.15) is 22.3 Å². The first-order valence-electron chi connectivity index (χ1n) is 17.4. The fraction of sp³-hybridized carbons (Fsp3) is 0.0213. The molecule has 0 N–H and O–H groups in total. The lowest BCUT2D eigenvalue weighted by atomic mass is 9.70. The zero-order valence-corrected chi connectivity index (χ0v) is 28.2. The third-order valence-electron chi connectivity index (χ3n) is 11.3. The number of fused-ring (bicyclic) bond motifs is 18. The van der Waals surface area contributed by atoms with Gasteiger partial charge in [0.15, 0.2) is 0 Å². The van der Waals surface area contributed by atoms with Crippen molar-refractivity contribution < 1.29 is 0 Å². The van der Waals surface area contributed by atoms with Gasteiger partial charge in [-0.15, -0.1) is 0 Å². The molecule has 3 heterocycles. The molecule has 0 aliphatic heterocycles. The average molecular weight is 666 g/mol. The molecule has 0 atom stereocenters. The topological polar surface area (TPSA) is 30.7 Å². The van der Waals surface area contributed by atoms with Crippen LogP contribution in [0.3, 0.4) is 0 Å². The summed E-state index contributed by atoms with van der Waals surface area (Å²) >= 11 is 1.79. The van der Waals surface area contributed by atoms with Crippen LogP contribution in [0, 0.1) is 0 Å². The molecular formula is C47H27N3S. The van der Waals surface area contributed by atoms with E-state index in [1.165, 1.54) is 71.6 Å². The van der Waals surface area contributed by atoms with Gasteiger partial charge in [0.1, 0.15) is 0 Å². The Morgan fingerprint density at radius 1 is 0.490 bits per heavy atom. The van der Waals surface area contributed by atoms with Crippen molar-refractivity contribution in [3.05, 3.63) is 185 Å². The molecule has 0 bridgehead atoms. The number of rotatable bonds is 2. The maximum Gasteiger partial charge on any atom is 0.235 e. The number of nitrogens with zero attached hydrogens (tertiary/aromatic N) is 3. The second kappa shape index (κ2) is 9.87. The molecule has 236 valence electrons. The molecule has 10 aromatic rings. The molecule has 7 aromatic carbocycles. The molecule has 51 heavy (non-hydrogen) atoms. The summed E-state index contributed by atoms with van der Waals surface area (Å²) in [7, 11) is 0. The predicted molar refractivity (Wildman–Crippen MR) is 211 cm³/mol. The van der Waals surface area contributed by atoms with Crippen LogP contribution in [0.15, 0.2) is 162 Å². The minimum Gasteiger partial charge on any atom is -0.277 e. The zero-order valence-electron chi connectivity index (χ0n) is 27.3. The van der Waals surface area contributed by atoms with E-state index in [0.717, 1.165) is 27.7 Å². The highest BCUT2D eigenvalue weighted by Gasteiger charge is 2.53. The van der Waals surface area contributed by atoms with Crippen LogP contribution in [-0.4, -0.2) is 14.5 Å². The Hall–Kier alpha value is -6.36. The van der Waals surface area contributed by atoms with Crippen LogP contribution in [0.25, 0.3) is 82.9 Å². The number of hydrogen-bond acceptors (Lipinski definition) is 3. The SMILES string of the molecule is c1ccc(-c2nc(-n3c4ccccc4c4c5cscc5c5c(c43)C3(c4ccccc4-c4ccccc43)c3ccccc3-5)nc3ccccc23)cc1. The summed E-state index contributed by atoms with van der Waals surface area (Å²) < 4.78 is 2.39. The van der Waals surface area contributed by atoms with Gasteiger partial charge in [-0.2, -0.15) is 11.3 Å².